The lowest BCUT2D eigenvalue weighted by atomic mass is 9.84. The Labute approximate surface area is 259 Å². The number of hydrogen-bond acceptors (Lipinski definition) is 8. The van der Waals surface area contributed by atoms with Crippen molar-refractivity contribution in [1.29, 1.82) is 0 Å². The Morgan fingerprint density at radius 1 is 0.867 bits per heavy atom. The number of rotatable bonds is 11. The molecule has 1 fully saturated rings. The molecule has 11 nitrogen and oxygen atoms in total. The van der Waals surface area contributed by atoms with Crippen LogP contribution in [-0.4, -0.2) is 71.2 Å². The number of fused-ring (bicyclic) bond motifs is 1. The van der Waals surface area contributed by atoms with Crippen molar-refractivity contribution in [3.8, 4) is 11.5 Å². The zero-order valence-electron chi connectivity index (χ0n) is 25.1. The van der Waals surface area contributed by atoms with E-state index < -0.39 is 41.6 Å². The van der Waals surface area contributed by atoms with Crippen LogP contribution in [0.15, 0.2) is 66.7 Å². The number of ketones is 1. The largest absolute Gasteiger partial charge is 0.508 e. The highest BCUT2D eigenvalue weighted by Gasteiger charge is 2.37. The van der Waals surface area contributed by atoms with Gasteiger partial charge in [-0.3, -0.25) is 14.4 Å². The maximum absolute atomic E-state index is 13.4. The molecule has 1 saturated heterocycles. The highest BCUT2D eigenvalue weighted by atomic mass is 16.6. The predicted molar refractivity (Wildman–Crippen MR) is 165 cm³/mol. The van der Waals surface area contributed by atoms with Crippen LogP contribution in [0, 0.1) is 0 Å². The molecule has 3 aromatic carbocycles. The molecule has 0 bridgehead atoms. The normalized spacial score (nSPS) is 17.8. The van der Waals surface area contributed by atoms with Gasteiger partial charge in [0, 0.05) is 48.0 Å². The summed E-state index contributed by atoms with van der Waals surface area (Å²) in [5.41, 5.74) is 2.66. The molecule has 1 aromatic heterocycles. The van der Waals surface area contributed by atoms with Crippen molar-refractivity contribution in [3.05, 3.63) is 94.7 Å². The summed E-state index contributed by atoms with van der Waals surface area (Å²) >= 11 is 0. The fourth-order valence-corrected chi connectivity index (χ4v) is 5.99. The summed E-state index contributed by atoms with van der Waals surface area (Å²) < 4.78 is 10.4. The first kappa shape index (κ1) is 31.3. The lowest BCUT2D eigenvalue weighted by molar-refractivity contribution is -0.152. The second-order valence-electron chi connectivity index (χ2n) is 11.1. The molecule has 4 aromatic rings. The second-order valence-corrected chi connectivity index (χ2v) is 11.1. The van der Waals surface area contributed by atoms with Crippen molar-refractivity contribution in [2.75, 3.05) is 14.2 Å². The van der Waals surface area contributed by atoms with Crippen molar-refractivity contribution < 1.29 is 38.9 Å². The molecule has 0 aliphatic carbocycles. The van der Waals surface area contributed by atoms with E-state index >= 15 is 0 Å². The first-order valence-corrected chi connectivity index (χ1v) is 14.5. The Hall–Kier alpha value is -5.16. The number of amides is 2. The standard InChI is InChI=1S/C34H35N3O8/c1-18(38)20-13-14-27(39)29(31(20)40)23(17-28(44-2)34(43)45-3)30-22(21-11-7-8-12-24(21)35-30)16-26-33(42)36-25(32(41)37-26)15-19-9-5-4-6-10-19/h4-14,23,25-26,28,35,39-40H,15-17H2,1-3H3,(H,36,42)(H,37,41). The molecule has 2 amide bonds. The van der Waals surface area contributed by atoms with E-state index in [4.69, 9.17) is 9.47 Å². The first-order chi connectivity index (χ1) is 21.6. The number of benzene rings is 3. The lowest BCUT2D eigenvalue weighted by Gasteiger charge is -2.30. The summed E-state index contributed by atoms with van der Waals surface area (Å²) in [6.45, 7) is 1.29. The number of methoxy groups -OCH3 is 2. The van der Waals surface area contributed by atoms with Gasteiger partial charge in [0.2, 0.25) is 11.8 Å². The number of ether oxygens (including phenoxy) is 2. The van der Waals surface area contributed by atoms with E-state index in [0.717, 1.165) is 10.9 Å². The molecule has 5 rings (SSSR count). The van der Waals surface area contributed by atoms with Crippen molar-refractivity contribution in [2.45, 2.75) is 50.3 Å². The van der Waals surface area contributed by atoms with E-state index in [1.165, 1.54) is 33.3 Å². The Morgan fingerprint density at radius 3 is 2.16 bits per heavy atom. The Bertz CT molecular complexity index is 1750. The summed E-state index contributed by atoms with van der Waals surface area (Å²) in [6, 6.07) is 17.7. The minimum Gasteiger partial charge on any atom is -0.508 e. The number of H-pyrrole nitrogens is 1. The Kier molecular flexibility index (Phi) is 9.19. The van der Waals surface area contributed by atoms with Crippen LogP contribution in [0.1, 0.15) is 52.0 Å². The molecule has 1 aliphatic heterocycles. The zero-order valence-corrected chi connectivity index (χ0v) is 25.1. The molecule has 0 saturated carbocycles. The van der Waals surface area contributed by atoms with Gasteiger partial charge in [0.05, 0.1) is 12.7 Å². The number of phenols is 2. The van der Waals surface area contributed by atoms with Gasteiger partial charge < -0.3 is 35.3 Å². The average Bonchev–Trinajstić information content (AvgIpc) is 3.39. The third kappa shape index (κ3) is 6.39. The number of hydrogen-bond donors (Lipinski definition) is 5. The van der Waals surface area contributed by atoms with E-state index in [1.807, 2.05) is 54.6 Å². The number of aromatic amines is 1. The molecule has 11 heteroatoms. The van der Waals surface area contributed by atoms with Gasteiger partial charge in [-0.2, -0.15) is 0 Å². The van der Waals surface area contributed by atoms with E-state index in [-0.39, 0.29) is 41.5 Å². The molecule has 4 atom stereocenters. The maximum atomic E-state index is 13.4. The highest BCUT2D eigenvalue weighted by molar-refractivity contribution is 5.99. The van der Waals surface area contributed by atoms with Gasteiger partial charge in [-0.1, -0.05) is 48.5 Å². The van der Waals surface area contributed by atoms with Crippen molar-refractivity contribution >= 4 is 34.5 Å². The molecule has 2 heterocycles. The average molecular weight is 614 g/mol. The zero-order chi connectivity index (χ0) is 32.2. The van der Waals surface area contributed by atoms with Gasteiger partial charge in [0.1, 0.15) is 23.6 Å². The maximum Gasteiger partial charge on any atom is 0.334 e. The molecule has 0 radical (unpaired) electrons. The van der Waals surface area contributed by atoms with Crippen LogP contribution in [0.25, 0.3) is 10.9 Å². The number of esters is 1. The van der Waals surface area contributed by atoms with Crippen molar-refractivity contribution in [3.63, 3.8) is 0 Å². The summed E-state index contributed by atoms with van der Waals surface area (Å²) in [5, 5.41) is 28.8. The lowest BCUT2D eigenvalue weighted by Crippen LogP contribution is -2.62. The summed E-state index contributed by atoms with van der Waals surface area (Å²) in [6.07, 6.45) is -0.832. The topological polar surface area (TPSA) is 167 Å². The SMILES string of the molecule is COC(=O)C(CC(c1[nH]c2ccccc2c1CC1NC(=O)C(Cc2ccccc2)NC1=O)c1c(O)ccc(C(C)=O)c1O)OC. The van der Waals surface area contributed by atoms with Gasteiger partial charge in [-0.05, 0) is 42.7 Å². The van der Waals surface area contributed by atoms with Crippen molar-refractivity contribution in [2.24, 2.45) is 0 Å². The molecule has 45 heavy (non-hydrogen) atoms. The van der Waals surface area contributed by atoms with Crippen LogP contribution in [0.3, 0.4) is 0 Å². The summed E-state index contributed by atoms with van der Waals surface area (Å²) in [7, 11) is 2.56. The minimum atomic E-state index is -1.12. The Balaban J connectivity index is 1.58. The number of aromatic nitrogens is 1. The number of aromatic hydroxyl groups is 2. The van der Waals surface area contributed by atoms with E-state index in [1.54, 1.807) is 0 Å². The Morgan fingerprint density at radius 2 is 1.51 bits per heavy atom. The number of phenolic OH excluding ortho intramolecular Hbond substituents is 2. The van der Waals surface area contributed by atoms with Gasteiger partial charge in [0.15, 0.2) is 11.9 Å². The molecule has 4 unspecified atom stereocenters. The molecular weight excluding hydrogens is 578 g/mol. The van der Waals surface area contributed by atoms with Gasteiger partial charge in [0.25, 0.3) is 0 Å². The number of carbonyl (C=O) groups is 4. The molecular formula is C34H35N3O8. The quantitative estimate of drug-likeness (QED) is 0.127. The van der Waals surface area contributed by atoms with Crippen LogP contribution in [-0.2, 0) is 36.7 Å². The van der Waals surface area contributed by atoms with Crippen LogP contribution in [0.2, 0.25) is 0 Å². The van der Waals surface area contributed by atoms with Gasteiger partial charge in [-0.25, -0.2) is 4.79 Å². The van der Waals surface area contributed by atoms with Crippen LogP contribution < -0.4 is 10.6 Å². The molecule has 0 spiro atoms. The van der Waals surface area contributed by atoms with Crippen LogP contribution in [0.5, 0.6) is 11.5 Å². The molecule has 1 aliphatic rings. The van der Waals surface area contributed by atoms with E-state index in [0.29, 0.717) is 23.2 Å². The summed E-state index contributed by atoms with van der Waals surface area (Å²) in [4.78, 5) is 55.0. The van der Waals surface area contributed by atoms with Gasteiger partial charge >= 0.3 is 5.97 Å². The number of para-hydroxylation sites is 1. The smallest absolute Gasteiger partial charge is 0.334 e. The molecule has 234 valence electrons. The number of nitrogens with one attached hydrogen (secondary N) is 3. The van der Waals surface area contributed by atoms with Crippen LogP contribution in [0.4, 0.5) is 0 Å². The third-order valence-electron chi connectivity index (χ3n) is 8.27. The summed E-state index contributed by atoms with van der Waals surface area (Å²) in [5.74, 6) is -3.47. The first-order valence-electron chi connectivity index (χ1n) is 14.5. The second kappa shape index (κ2) is 13.2. The molecule has 5 N–H and O–H groups in total. The predicted octanol–water partition coefficient (Wildman–Crippen LogP) is 3.26. The fraction of sp³-hybridized carbons (Fsp3) is 0.294. The number of Topliss-reactive ketones (excluding diaryl/α,β-unsaturated/α-hetero) is 1. The number of carbonyl (C=O) groups excluding carboxylic acids is 4. The van der Waals surface area contributed by atoms with Crippen LogP contribution >= 0.6 is 0 Å². The van der Waals surface area contributed by atoms with E-state index in [9.17, 15) is 29.4 Å². The fourth-order valence-electron chi connectivity index (χ4n) is 5.99. The minimum absolute atomic E-state index is 0.00140. The number of piperazine rings is 1. The third-order valence-corrected chi connectivity index (χ3v) is 8.27. The highest BCUT2D eigenvalue weighted by Crippen LogP contribution is 2.45. The monoisotopic (exact) mass is 613 g/mol. The van der Waals surface area contributed by atoms with E-state index in [2.05, 4.69) is 15.6 Å². The van der Waals surface area contributed by atoms with Crippen molar-refractivity contribution in [1.82, 2.24) is 15.6 Å². The van der Waals surface area contributed by atoms with Gasteiger partial charge in [-0.15, -0.1) is 0 Å².